The van der Waals surface area contributed by atoms with Crippen molar-refractivity contribution in [2.75, 3.05) is 13.1 Å². The van der Waals surface area contributed by atoms with Gasteiger partial charge in [-0.05, 0) is 86.2 Å². The van der Waals surface area contributed by atoms with Crippen molar-refractivity contribution >= 4 is 34.1 Å². The van der Waals surface area contributed by atoms with Gasteiger partial charge in [0, 0.05) is 66.5 Å². The highest BCUT2D eigenvalue weighted by atomic mass is 19.3. The first-order chi connectivity index (χ1) is 27.9. The van der Waals surface area contributed by atoms with E-state index in [1.54, 1.807) is 17.0 Å². The summed E-state index contributed by atoms with van der Waals surface area (Å²) in [5.41, 5.74) is 6.88. The number of carboxylic acid groups (broad SMARTS) is 1. The lowest BCUT2D eigenvalue weighted by atomic mass is 9.91. The van der Waals surface area contributed by atoms with Gasteiger partial charge < -0.3 is 34.0 Å². The van der Waals surface area contributed by atoms with E-state index in [-0.39, 0.29) is 59.5 Å². The molecule has 2 saturated heterocycles. The smallest absolute Gasteiger partial charge is 0.387 e. The number of amides is 1. The lowest BCUT2D eigenvalue weighted by Gasteiger charge is -2.22. The summed E-state index contributed by atoms with van der Waals surface area (Å²) in [7, 11) is 0. The Labute approximate surface area is 329 Å². The Hall–Kier alpha value is -6.00. The standard InChI is InChI=1S/C42H39F4N5O7/c1-21-26(6-3-8-28(21)38-49-30-14-23(18-47-19-25-11-12-37(52)48-25)33(57-41(43)44)16-35(30)55-38)27-7-4-9-29(22(27)2)39-50-31-15-24(20-51-13-5-10-32(51)40(53)54)34(58-42(45)46)17-36(31)56-39/h3-4,6-9,14-17,25,32,41-42,47H,5,10-13,18-20H2,1-2H3,(H,48,52)(H,53,54)/t25-,32-/m0/s1. The Morgan fingerprint density at radius 3 is 1.95 bits per heavy atom. The predicted octanol–water partition coefficient (Wildman–Crippen LogP) is 8.21. The third-order valence-electron chi connectivity index (χ3n) is 10.8. The maximum absolute atomic E-state index is 13.5. The van der Waals surface area contributed by atoms with E-state index in [2.05, 4.69) is 10.6 Å². The van der Waals surface area contributed by atoms with E-state index in [9.17, 15) is 32.3 Å². The number of oxazole rings is 2. The first-order valence-electron chi connectivity index (χ1n) is 18.9. The molecule has 2 aliphatic rings. The first kappa shape index (κ1) is 38.9. The number of ether oxygens (including phenoxy) is 2. The summed E-state index contributed by atoms with van der Waals surface area (Å²) in [4.78, 5) is 34.6. The van der Waals surface area contributed by atoms with Crippen LogP contribution in [0.25, 0.3) is 56.2 Å². The summed E-state index contributed by atoms with van der Waals surface area (Å²) in [6.07, 6.45) is 2.29. The summed E-state index contributed by atoms with van der Waals surface area (Å²) in [5.74, 6) is -0.598. The molecule has 0 bridgehead atoms. The molecule has 3 N–H and O–H groups in total. The second-order valence-corrected chi connectivity index (χ2v) is 14.5. The van der Waals surface area contributed by atoms with Crippen LogP contribution in [-0.2, 0) is 22.7 Å². The molecule has 2 fully saturated rings. The van der Waals surface area contributed by atoms with Gasteiger partial charge in [-0.1, -0.05) is 24.3 Å². The maximum atomic E-state index is 13.5. The zero-order chi connectivity index (χ0) is 40.7. The summed E-state index contributed by atoms with van der Waals surface area (Å²) in [6, 6.07) is 16.6. The Bertz CT molecular complexity index is 2520. The van der Waals surface area contributed by atoms with Gasteiger partial charge in [-0.25, -0.2) is 9.97 Å². The molecule has 2 aromatic heterocycles. The van der Waals surface area contributed by atoms with Gasteiger partial charge >= 0.3 is 19.2 Å². The molecule has 2 aliphatic heterocycles. The third kappa shape index (κ3) is 7.94. The maximum Gasteiger partial charge on any atom is 0.387 e. The van der Waals surface area contributed by atoms with Gasteiger partial charge in [-0.3, -0.25) is 14.5 Å². The minimum atomic E-state index is -3.10. The van der Waals surface area contributed by atoms with Crippen LogP contribution in [-0.4, -0.2) is 70.2 Å². The zero-order valence-corrected chi connectivity index (χ0v) is 31.5. The highest BCUT2D eigenvalue weighted by Gasteiger charge is 2.32. The molecular weight excluding hydrogens is 762 g/mol. The SMILES string of the molecule is Cc1c(-c2nc3cc(CNC[C@@H]4CCC(=O)N4)c(OC(F)F)cc3o2)cccc1-c1cccc(-c2nc3cc(CN4CCC[C@H]4C(=O)O)c(OC(F)F)cc3o2)c1C. The van der Waals surface area contributed by atoms with Crippen molar-refractivity contribution in [3.63, 3.8) is 0 Å². The van der Waals surface area contributed by atoms with Crippen molar-refractivity contribution in [2.24, 2.45) is 0 Å². The van der Waals surface area contributed by atoms with Crippen molar-refractivity contribution in [2.45, 2.75) is 77.9 Å². The molecule has 58 heavy (non-hydrogen) atoms. The molecule has 4 heterocycles. The number of rotatable bonds is 14. The van der Waals surface area contributed by atoms with Crippen LogP contribution in [0, 0.1) is 13.8 Å². The first-order valence-corrected chi connectivity index (χ1v) is 18.9. The van der Waals surface area contributed by atoms with Crippen LogP contribution in [0.2, 0.25) is 0 Å². The van der Waals surface area contributed by atoms with Crippen LogP contribution in [0.15, 0.2) is 69.5 Å². The normalized spacial score (nSPS) is 17.3. The summed E-state index contributed by atoms with van der Waals surface area (Å²) >= 11 is 0. The van der Waals surface area contributed by atoms with Gasteiger partial charge in [-0.15, -0.1) is 0 Å². The third-order valence-corrected chi connectivity index (χ3v) is 10.8. The van der Waals surface area contributed by atoms with E-state index in [1.165, 1.54) is 12.1 Å². The van der Waals surface area contributed by atoms with Gasteiger partial charge in [0.2, 0.25) is 17.7 Å². The number of alkyl halides is 4. The molecule has 0 saturated carbocycles. The molecular formula is C42H39F4N5O7. The van der Waals surface area contributed by atoms with Crippen LogP contribution in [0.1, 0.15) is 47.9 Å². The van der Waals surface area contributed by atoms with Crippen LogP contribution in [0.5, 0.6) is 11.5 Å². The minimum absolute atomic E-state index is 0.0150. The molecule has 12 nitrogen and oxygen atoms in total. The van der Waals surface area contributed by atoms with Gasteiger partial charge in [0.05, 0.1) is 0 Å². The number of nitrogens with one attached hydrogen (secondary N) is 2. The number of benzene rings is 4. The lowest BCUT2D eigenvalue weighted by molar-refractivity contribution is -0.142. The van der Waals surface area contributed by atoms with Crippen molar-refractivity contribution in [1.82, 2.24) is 25.5 Å². The molecule has 1 amide bonds. The van der Waals surface area contributed by atoms with Crippen molar-refractivity contribution in [1.29, 1.82) is 0 Å². The number of carbonyl (C=O) groups excluding carboxylic acids is 1. The van der Waals surface area contributed by atoms with Gasteiger partial charge in [0.15, 0.2) is 11.2 Å². The largest absolute Gasteiger partial charge is 0.480 e. The van der Waals surface area contributed by atoms with Crippen molar-refractivity contribution in [3.05, 3.63) is 82.9 Å². The Morgan fingerprint density at radius 2 is 1.41 bits per heavy atom. The number of aromatic nitrogens is 2. The fraction of sp³-hybridized carbons (Fsp3) is 0.333. The molecule has 8 rings (SSSR count). The topological polar surface area (TPSA) is 152 Å². The second-order valence-electron chi connectivity index (χ2n) is 14.5. The number of carboxylic acids is 1. The van der Waals surface area contributed by atoms with Crippen LogP contribution < -0.4 is 20.1 Å². The average molecular weight is 802 g/mol. The van der Waals surface area contributed by atoms with Crippen LogP contribution in [0.3, 0.4) is 0 Å². The summed E-state index contributed by atoms with van der Waals surface area (Å²) in [5, 5.41) is 15.7. The van der Waals surface area contributed by atoms with E-state index >= 15 is 0 Å². The van der Waals surface area contributed by atoms with Crippen LogP contribution in [0.4, 0.5) is 17.6 Å². The van der Waals surface area contributed by atoms with Gasteiger partial charge in [0.25, 0.3) is 0 Å². The van der Waals surface area contributed by atoms with E-state index in [1.807, 2.05) is 50.2 Å². The van der Waals surface area contributed by atoms with Crippen molar-refractivity contribution < 1.29 is 50.6 Å². The highest BCUT2D eigenvalue weighted by Crippen LogP contribution is 2.40. The van der Waals surface area contributed by atoms with Crippen LogP contribution >= 0.6 is 0 Å². The molecule has 302 valence electrons. The minimum Gasteiger partial charge on any atom is -0.480 e. The fourth-order valence-corrected chi connectivity index (χ4v) is 7.94. The summed E-state index contributed by atoms with van der Waals surface area (Å²) in [6.45, 7) is -1.04. The lowest BCUT2D eigenvalue weighted by Crippen LogP contribution is -2.35. The quantitative estimate of drug-likeness (QED) is 0.0915. The monoisotopic (exact) mass is 801 g/mol. The predicted molar refractivity (Wildman–Crippen MR) is 205 cm³/mol. The number of hydrogen-bond donors (Lipinski definition) is 3. The molecule has 4 aromatic carbocycles. The highest BCUT2D eigenvalue weighted by molar-refractivity contribution is 5.85. The van der Waals surface area contributed by atoms with Crippen molar-refractivity contribution in [3.8, 4) is 45.5 Å². The molecule has 0 unspecified atom stereocenters. The number of likely N-dealkylation sites (tertiary alicyclic amines) is 1. The van der Waals surface area contributed by atoms with Gasteiger partial charge in [-0.2, -0.15) is 17.6 Å². The molecule has 0 aliphatic carbocycles. The number of fused-ring (bicyclic) bond motifs is 2. The Kier molecular flexibility index (Phi) is 10.8. The Balaban J connectivity index is 1.09. The number of aliphatic carboxylic acids is 1. The zero-order valence-electron chi connectivity index (χ0n) is 31.5. The second kappa shape index (κ2) is 16.1. The number of halogens is 4. The molecule has 0 spiro atoms. The number of carbonyl (C=O) groups is 2. The number of hydrogen-bond acceptors (Lipinski definition) is 10. The molecule has 2 atom stereocenters. The summed E-state index contributed by atoms with van der Waals surface area (Å²) < 4.78 is 75.9. The molecule has 16 heteroatoms. The van der Waals surface area contributed by atoms with E-state index in [0.717, 1.165) is 22.3 Å². The van der Waals surface area contributed by atoms with E-state index in [0.29, 0.717) is 72.1 Å². The Morgan fingerprint density at radius 1 is 0.862 bits per heavy atom. The number of nitrogens with zero attached hydrogens (tertiary/aromatic N) is 3. The van der Waals surface area contributed by atoms with Gasteiger partial charge in [0.1, 0.15) is 28.6 Å². The fourth-order valence-electron chi connectivity index (χ4n) is 7.94. The molecule has 0 radical (unpaired) electrons. The average Bonchev–Trinajstić information content (AvgIpc) is 3.99. The molecule has 6 aromatic rings. The van der Waals surface area contributed by atoms with E-state index < -0.39 is 25.2 Å². The van der Waals surface area contributed by atoms with E-state index in [4.69, 9.17) is 28.3 Å².